The van der Waals surface area contributed by atoms with E-state index in [1.54, 1.807) is 25.2 Å². The van der Waals surface area contributed by atoms with Gasteiger partial charge in [0, 0.05) is 30.3 Å². The summed E-state index contributed by atoms with van der Waals surface area (Å²) in [6.07, 6.45) is 0. The highest BCUT2D eigenvalue weighted by atomic mass is 19.1. The lowest BCUT2D eigenvalue weighted by molar-refractivity contribution is -0.120. The van der Waals surface area contributed by atoms with Crippen LogP contribution in [0.5, 0.6) is 11.5 Å². The summed E-state index contributed by atoms with van der Waals surface area (Å²) in [5, 5.41) is 4.25. The van der Waals surface area contributed by atoms with Gasteiger partial charge in [0.1, 0.15) is 23.9 Å². The molecule has 0 aliphatic carbocycles. The normalized spacial score (nSPS) is 12.9. The summed E-state index contributed by atoms with van der Waals surface area (Å²) >= 11 is 0. The Labute approximate surface area is 176 Å². The van der Waals surface area contributed by atoms with Gasteiger partial charge in [-0.2, -0.15) is 5.10 Å². The number of halogens is 1. The highest BCUT2D eigenvalue weighted by Crippen LogP contribution is 2.32. The molecular weight excluding hydrogens is 405 g/mol. The monoisotopic (exact) mass is 423 g/mol. The molecule has 9 heteroatoms. The fourth-order valence-corrected chi connectivity index (χ4v) is 3.26. The van der Waals surface area contributed by atoms with Gasteiger partial charge in [-0.1, -0.05) is 0 Å². The van der Waals surface area contributed by atoms with E-state index in [0.29, 0.717) is 28.3 Å². The number of nitrogens with zero attached hydrogens (tertiary/aromatic N) is 3. The van der Waals surface area contributed by atoms with Gasteiger partial charge >= 0.3 is 0 Å². The molecule has 4 rings (SSSR count). The Morgan fingerprint density at radius 2 is 1.97 bits per heavy atom. The number of carbonyl (C=O) groups excluding carboxylic acids is 2. The molecule has 0 N–H and O–H groups in total. The first-order valence-corrected chi connectivity index (χ1v) is 9.36. The van der Waals surface area contributed by atoms with Crippen LogP contribution in [-0.4, -0.2) is 42.2 Å². The molecule has 0 spiro atoms. The number of rotatable bonds is 5. The van der Waals surface area contributed by atoms with Gasteiger partial charge in [-0.25, -0.2) is 9.07 Å². The summed E-state index contributed by atoms with van der Waals surface area (Å²) in [4.78, 5) is 38.4. The number of anilines is 1. The van der Waals surface area contributed by atoms with Crippen molar-refractivity contribution in [3.05, 3.63) is 70.3 Å². The standard InChI is InChI=1S/C22H18FN3O5/c1-25-17-9-13(3-7-19(17)31-12-22(25)29)18(27)11-26-21(28)8-6-16(24-26)15-5-4-14(23)10-20(15)30-2/h3-10H,11-12H2,1-2H3. The van der Waals surface area contributed by atoms with Gasteiger partial charge < -0.3 is 14.4 Å². The van der Waals surface area contributed by atoms with Crippen LogP contribution < -0.4 is 19.9 Å². The van der Waals surface area contributed by atoms with Gasteiger partial charge in [-0.05, 0) is 36.4 Å². The molecule has 3 aromatic rings. The minimum absolute atomic E-state index is 0.0598. The van der Waals surface area contributed by atoms with Crippen LogP contribution >= 0.6 is 0 Å². The fraction of sp³-hybridized carbons (Fsp3) is 0.182. The van der Waals surface area contributed by atoms with E-state index in [9.17, 15) is 18.8 Å². The van der Waals surface area contributed by atoms with Crippen molar-refractivity contribution in [2.75, 3.05) is 25.7 Å². The predicted octanol–water partition coefficient (Wildman–Crippen LogP) is 2.30. The van der Waals surface area contributed by atoms with Crippen LogP contribution in [0.25, 0.3) is 11.3 Å². The fourth-order valence-electron chi connectivity index (χ4n) is 3.26. The first-order valence-electron chi connectivity index (χ1n) is 9.36. The molecule has 8 nitrogen and oxygen atoms in total. The minimum atomic E-state index is -0.469. The number of likely N-dealkylation sites (N-methyl/N-ethyl adjacent to an activating group) is 1. The van der Waals surface area contributed by atoms with Crippen molar-refractivity contribution < 1.29 is 23.5 Å². The number of hydrogen-bond acceptors (Lipinski definition) is 6. The van der Waals surface area contributed by atoms with E-state index in [-0.39, 0.29) is 30.6 Å². The maximum Gasteiger partial charge on any atom is 0.267 e. The summed E-state index contributed by atoms with van der Waals surface area (Å²) in [5.74, 6) is -0.308. The number of hydrogen-bond donors (Lipinski definition) is 0. The Balaban J connectivity index is 1.65. The largest absolute Gasteiger partial charge is 0.496 e. The molecule has 2 heterocycles. The van der Waals surface area contributed by atoms with Crippen LogP contribution in [0, 0.1) is 5.82 Å². The summed E-state index contributed by atoms with van der Waals surface area (Å²) in [7, 11) is 3.00. The third-order valence-electron chi connectivity index (χ3n) is 4.97. The lowest BCUT2D eigenvalue weighted by atomic mass is 10.1. The van der Waals surface area contributed by atoms with E-state index in [0.717, 1.165) is 4.68 Å². The van der Waals surface area contributed by atoms with E-state index >= 15 is 0 Å². The molecule has 0 atom stereocenters. The number of fused-ring (bicyclic) bond motifs is 1. The van der Waals surface area contributed by atoms with Gasteiger partial charge in [0.25, 0.3) is 11.5 Å². The maximum absolute atomic E-state index is 13.5. The summed E-state index contributed by atoms with van der Waals surface area (Å²) in [6.45, 7) is -0.372. The first kappa shape index (κ1) is 20.3. The number of carbonyl (C=O) groups is 2. The molecule has 0 radical (unpaired) electrons. The molecule has 1 amide bonds. The number of ether oxygens (including phenoxy) is 2. The molecule has 1 aliphatic heterocycles. The number of benzene rings is 2. The van der Waals surface area contributed by atoms with Crippen LogP contribution in [0.2, 0.25) is 0 Å². The topological polar surface area (TPSA) is 90.7 Å². The van der Waals surface area contributed by atoms with Gasteiger partial charge in [0.2, 0.25) is 0 Å². The number of aromatic nitrogens is 2. The second-order valence-corrected chi connectivity index (χ2v) is 6.91. The summed E-state index contributed by atoms with van der Waals surface area (Å²) in [5.41, 5.74) is 1.16. The predicted molar refractivity (Wildman–Crippen MR) is 110 cm³/mol. The first-order chi connectivity index (χ1) is 14.9. The summed E-state index contributed by atoms with van der Waals surface area (Å²) < 4.78 is 25.1. The van der Waals surface area contributed by atoms with Crippen LogP contribution in [0.1, 0.15) is 10.4 Å². The quantitative estimate of drug-likeness (QED) is 0.585. The van der Waals surface area contributed by atoms with Gasteiger partial charge in [-0.15, -0.1) is 0 Å². The molecule has 31 heavy (non-hydrogen) atoms. The molecule has 0 bridgehead atoms. The zero-order valence-corrected chi connectivity index (χ0v) is 16.8. The molecule has 0 saturated carbocycles. The molecule has 1 aliphatic rings. The number of amides is 1. The average Bonchev–Trinajstić information content (AvgIpc) is 2.77. The van der Waals surface area contributed by atoms with E-state index in [1.165, 1.54) is 42.3 Å². The van der Waals surface area contributed by atoms with Crippen molar-refractivity contribution in [3.63, 3.8) is 0 Å². The van der Waals surface area contributed by atoms with E-state index in [4.69, 9.17) is 9.47 Å². The van der Waals surface area contributed by atoms with Crippen LogP contribution in [-0.2, 0) is 11.3 Å². The SMILES string of the molecule is COc1cc(F)ccc1-c1ccc(=O)n(CC(=O)c2ccc3c(c2)N(C)C(=O)CO3)n1. The second kappa shape index (κ2) is 8.02. The van der Waals surface area contributed by atoms with E-state index < -0.39 is 11.4 Å². The Morgan fingerprint density at radius 1 is 1.16 bits per heavy atom. The van der Waals surface area contributed by atoms with Crippen molar-refractivity contribution in [2.45, 2.75) is 6.54 Å². The van der Waals surface area contributed by atoms with Crippen LogP contribution in [0.15, 0.2) is 53.3 Å². The van der Waals surface area contributed by atoms with Gasteiger partial charge in [0.05, 0.1) is 18.5 Å². The van der Waals surface area contributed by atoms with Crippen molar-refractivity contribution in [2.24, 2.45) is 0 Å². The maximum atomic E-state index is 13.5. The average molecular weight is 423 g/mol. The number of methoxy groups -OCH3 is 1. The van der Waals surface area contributed by atoms with Crippen molar-refractivity contribution in [1.29, 1.82) is 0 Å². The van der Waals surface area contributed by atoms with Gasteiger partial charge in [0.15, 0.2) is 12.4 Å². The molecule has 0 unspecified atom stereocenters. The molecule has 0 fully saturated rings. The van der Waals surface area contributed by atoms with E-state index in [1.807, 2.05) is 0 Å². The van der Waals surface area contributed by atoms with Gasteiger partial charge in [-0.3, -0.25) is 14.4 Å². The Kier molecular flexibility index (Phi) is 5.24. The Morgan fingerprint density at radius 3 is 2.74 bits per heavy atom. The zero-order valence-electron chi connectivity index (χ0n) is 16.8. The second-order valence-electron chi connectivity index (χ2n) is 6.91. The van der Waals surface area contributed by atoms with Crippen molar-refractivity contribution >= 4 is 17.4 Å². The molecule has 158 valence electrons. The lowest BCUT2D eigenvalue weighted by Gasteiger charge is -2.26. The lowest BCUT2D eigenvalue weighted by Crippen LogP contribution is -2.35. The molecule has 0 saturated heterocycles. The van der Waals surface area contributed by atoms with E-state index in [2.05, 4.69) is 5.10 Å². The third kappa shape index (κ3) is 3.89. The minimum Gasteiger partial charge on any atom is -0.496 e. The van der Waals surface area contributed by atoms with Crippen LogP contribution in [0.3, 0.4) is 0 Å². The molecular formula is C22H18FN3O5. The number of Topliss-reactive ketones (excluding diaryl/α,β-unsaturated/α-hetero) is 1. The number of ketones is 1. The third-order valence-corrected chi connectivity index (χ3v) is 4.97. The van der Waals surface area contributed by atoms with Crippen LogP contribution in [0.4, 0.5) is 10.1 Å². The van der Waals surface area contributed by atoms with Crippen molar-refractivity contribution in [3.8, 4) is 22.8 Å². The smallest absolute Gasteiger partial charge is 0.267 e. The Bertz CT molecular complexity index is 1250. The molecule has 2 aromatic carbocycles. The Hall–Kier alpha value is -4.01. The van der Waals surface area contributed by atoms with Crippen molar-refractivity contribution in [1.82, 2.24) is 9.78 Å². The highest BCUT2D eigenvalue weighted by molar-refractivity contribution is 6.01. The zero-order chi connectivity index (χ0) is 22.1. The highest BCUT2D eigenvalue weighted by Gasteiger charge is 2.23. The molecule has 1 aromatic heterocycles. The summed E-state index contributed by atoms with van der Waals surface area (Å²) in [6, 6.07) is 11.5.